The minimum atomic E-state index is 1.15. The second-order valence-corrected chi connectivity index (χ2v) is 3.94. The third-order valence-corrected chi connectivity index (χ3v) is 2.48. The first-order valence-electron chi connectivity index (χ1n) is 5.43. The molecular formula is C14H20. The van der Waals surface area contributed by atoms with Crippen molar-refractivity contribution in [1.29, 1.82) is 0 Å². The van der Waals surface area contributed by atoms with Crippen molar-refractivity contribution in [3.8, 4) is 0 Å². The zero-order valence-corrected chi connectivity index (χ0v) is 9.51. The maximum Gasteiger partial charge on any atom is -0.0242 e. The highest BCUT2D eigenvalue weighted by Gasteiger charge is 1.93. The van der Waals surface area contributed by atoms with Crippen molar-refractivity contribution in [2.45, 2.75) is 40.0 Å². The first-order valence-corrected chi connectivity index (χ1v) is 5.43. The molecule has 1 aromatic carbocycles. The van der Waals surface area contributed by atoms with Crippen LogP contribution < -0.4 is 0 Å². The van der Waals surface area contributed by atoms with Gasteiger partial charge in [0.1, 0.15) is 0 Å². The summed E-state index contributed by atoms with van der Waals surface area (Å²) in [6, 6.07) is 8.84. The number of hydrogen-bond donors (Lipinski definition) is 0. The predicted octanol–water partition coefficient (Wildman–Crippen LogP) is 4.28. The third-order valence-electron chi connectivity index (χ3n) is 2.48. The van der Waals surface area contributed by atoms with Crippen LogP contribution in [0.25, 0.3) is 0 Å². The van der Waals surface area contributed by atoms with Gasteiger partial charge in [0, 0.05) is 0 Å². The Hall–Kier alpha value is -1.04. The molecule has 0 bridgehead atoms. The molecular weight excluding hydrogens is 168 g/mol. The summed E-state index contributed by atoms with van der Waals surface area (Å²) in [5.41, 5.74) is 4.29. The molecule has 0 spiro atoms. The van der Waals surface area contributed by atoms with Gasteiger partial charge in [-0.25, -0.2) is 0 Å². The molecule has 14 heavy (non-hydrogen) atoms. The van der Waals surface area contributed by atoms with E-state index >= 15 is 0 Å². The predicted molar refractivity (Wildman–Crippen MR) is 63.5 cm³/mol. The van der Waals surface area contributed by atoms with Crippen molar-refractivity contribution >= 4 is 0 Å². The molecule has 0 unspecified atom stereocenters. The Morgan fingerprint density at radius 1 is 1.21 bits per heavy atom. The summed E-state index contributed by atoms with van der Waals surface area (Å²) in [5.74, 6) is 0. The fourth-order valence-electron chi connectivity index (χ4n) is 1.55. The quantitative estimate of drug-likeness (QED) is 0.618. The molecule has 0 saturated carbocycles. The SMILES string of the molecule is CC/C=C(\C)CCc1ccc(C)cc1. The fourth-order valence-corrected chi connectivity index (χ4v) is 1.55. The van der Waals surface area contributed by atoms with Crippen molar-refractivity contribution in [1.82, 2.24) is 0 Å². The summed E-state index contributed by atoms with van der Waals surface area (Å²) in [6.07, 6.45) is 5.83. The average molecular weight is 188 g/mol. The van der Waals surface area contributed by atoms with Crippen LogP contribution in [0.2, 0.25) is 0 Å². The molecule has 0 saturated heterocycles. The molecule has 0 aliphatic rings. The zero-order chi connectivity index (χ0) is 10.4. The van der Waals surface area contributed by atoms with Crippen LogP contribution in [0.5, 0.6) is 0 Å². The lowest BCUT2D eigenvalue weighted by molar-refractivity contribution is 0.928. The van der Waals surface area contributed by atoms with Gasteiger partial charge in [-0.15, -0.1) is 0 Å². The van der Waals surface area contributed by atoms with E-state index in [-0.39, 0.29) is 0 Å². The van der Waals surface area contributed by atoms with Crippen molar-refractivity contribution in [2.24, 2.45) is 0 Å². The topological polar surface area (TPSA) is 0 Å². The monoisotopic (exact) mass is 188 g/mol. The fraction of sp³-hybridized carbons (Fsp3) is 0.429. The number of hydrogen-bond acceptors (Lipinski definition) is 0. The van der Waals surface area contributed by atoms with E-state index in [0.29, 0.717) is 0 Å². The van der Waals surface area contributed by atoms with E-state index in [0.717, 1.165) is 6.42 Å². The van der Waals surface area contributed by atoms with Gasteiger partial charge in [0.2, 0.25) is 0 Å². The van der Waals surface area contributed by atoms with Gasteiger partial charge in [-0.2, -0.15) is 0 Å². The standard InChI is InChI=1S/C14H20/c1-4-5-12(2)6-9-14-10-7-13(3)8-11-14/h5,7-8,10-11H,4,6,9H2,1-3H3/b12-5+. The smallest absolute Gasteiger partial charge is 0.0242 e. The maximum absolute atomic E-state index is 2.31. The Labute approximate surface area is 87.7 Å². The van der Waals surface area contributed by atoms with Gasteiger partial charge in [-0.1, -0.05) is 48.4 Å². The highest BCUT2D eigenvalue weighted by atomic mass is 14.0. The van der Waals surface area contributed by atoms with E-state index in [2.05, 4.69) is 51.1 Å². The normalized spacial score (nSPS) is 11.8. The van der Waals surface area contributed by atoms with Crippen LogP contribution in [-0.4, -0.2) is 0 Å². The molecule has 0 aromatic heterocycles. The molecule has 76 valence electrons. The Balaban J connectivity index is 2.46. The summed E-state index contributed by atoms with van der Waals surface area (Å²) >= 11 is 0. The Kier molecular flexibility index (Phi) is 4.45. The van der Waals surface area contributed by atoms with Crippen LogP contribution in [-0.2, 0) is 6.42 Å². The molecule has 0 atom stereocenters. The van der Waals surface area contributed by atoms with Crippen LogP contribution in [0.4, 0.5) is 0 Å². The first kappa shape index (κ1) is 11.0. The number of aryl methyl sites for hydroxylation is 2. The highest BCUT2D eigenvalue weighted by molar-refractivity contribution is 5.22. The first-order chi connectivity index (χ1) is 6.72. The molecule has 1 rings (SSSR count). The van der Waals surface area contributed by atoms with E-state index in [9.17, 15) is 0 Å². The van der Waals surface area contributed by atoms with E-state index in [1.54, 1.807) is 0 Å². The molecule has 0 N–H and O–H groups in total. The van der Waals surface area contributed by atoms with Crippen LogP contribution >= 0.6 is 0 Å². The van der Waals surface area contributed by atoms with E-state index in [1.807, 2.05) is 0 Å². The summed E-state index contributed by atoms with van der Waals surface area (Å²) in [5, 5.41) is 0. The van der Waals surface area contributed by atoms with Crippen molar-refractivity contribution in [3.05, 3.63) is 47.0 Å². The molecule has 0 amide bonds. The van der Waals surface area contributed by atoms with Gasteiger partial charge in [0.25, 0.3) is 0 Å². The average Bonchev–Trinajstić information content (AvgIpc) is 2.17. The minimum Gasteiger partial charge on any atom is -0.0859 e. The maximum atomic E-state index is 2.31. The van der Waals surface area contributed by atoms with Crippen molar-refractivity contribution in [2.75, 3.05) is 0 Å². The summed E-state index contributed by atoms with van der Waals surface area (Å²) < 4.78 is 0. The van der Waals surface area contributed by atoms with Gasteiger partial charge in [-0.05, 0) is 38.7 Å². The second-order valence-electron chi connectivity index (χ2n) is 3.94. The number of rotatable bonds is 4. The lowest BCUT2D eigenvalue weighted by atomic mass is 10.0. The molecule has 0 heteroatoms. The van der Waals surface area contributed by atoms with E-state index in [4.69, 9.17) is 0 Å². The summed E-state index contributed by atoms with van der Waals surface area (Å²) in [7, 11) is 0. The van der Waals surface area contributed by atoms with Crippen LogP contribution in [0.1, 0.15) is 37.8 Å². The Bertz CT molecular complexity index is 290. The van der Waals surface area contributed by atoms with Gasteiger partial charge in [0.15, 0.2) is 0 Å². The van der Waals surface area contributed by atoms with Gasteiger partial charge < -0.3 is 0 Å². The summed E-state index contributed by atoms with van der Waals surface area (Å²) in [6.45, 7) is 6.54. The van der Waals surface area contributed by atoms with E-state index < -0.39 is 0 Å². The molecule has 1 aromatic rings. The number of allylic oxidation sites excluding steroid dienone is 2. The second kappa shape index (κ2) is 5.64. The largest absolute Gasteiger partial charge is 0.0859 e. The van der Waals surface area contributed by atoms with Crippen LogP contribution in [0, 0.1) is 6.92 Å². The lowest BCUT2D eigenvalue weighted by Gasteiger charge is -2.02. The van der Waals surface area contributed by atoms with Gasteiger partial charge in [-0.3, -0.25) is 0 Å². The number of benzene rings is 1. The molecule has 0 nitrogen and oxygen atoms in total. The highest BCUT2D eigenvalue weighted by Crippen LogP contribution is 2.10. The molecule has 0 heterocycles. The molecule has 0 fully saturated rings. The van der Waals surface area contributed by atoms with E-state index in [1.165, 1.54) is 29.5 Å². The third kappa shape index (κ3) is 3.78. The summed E-state index contributed by atoms with van der Waals surface area (Å²) in [4.78, 5) is 0. The van der Waals surface area contributed by atoms with Crippen molar-refractivity contribution in [3.63, 3.8) is 0 Å². The Morgan fingerprint density at radius 2 is 1.86 bits per heavy atom. The van der Waals surface area contributed by atoms with Crippen LogP contribution in [0.15, 0.2) is 35.9 Å². The molecule has 0 aliphatic carbocycles. The molecule has 0 radical (unpaired) electrons. The van der Waals surface area contributed by atoms with Gasteiger partial charge >= 0.3 is 0 Å². The lowest BCUT2D eigenvalue weighted by Crippen LogP contribution is -1.86. The molecule has 0 aliphatic heterocycles. The zero-order valence-electron chi connectivity index (χ0n) is 9.51. The van der Waals surface area contributed by atoms with Crippen molar-refractivity contribution < 1.29 is 0 Å². The van der Waals surface area contributed by atoms with Gasteiger partial charge in [0.05, 0.1) is 0 Å². The Morgan fingerprint density at radius 3 is 2.43 bits per heavy atom. The minimum absolute atomic E-state index is 1.15. The van der Waals surface area contributed by atoms with Crippen LogP contribution in [0.3, 0.4) is 0 Å².